The second kappa shape index (κ2) is 3.10. The monoisotopic (exact) mass is 145 g/mol. The number of aromatic nitrogens is 1. The van der Waals surface area contributed by atoms with Crippen LogP contribution in [0.15, 0.2) is 18.3 Å². The van der Waals surface area contributed by atoms with Gasteiger partial charge in [0.15, 0.2) is 0 Å². The zero-order valence-corrected chi connectivity index (χ0v) is 6.01. The molecule has 0 unspecified atom stereocenters. The summed E-state index contributed by atoms with van der Waals surface area (Å²) in [6.07, 6.45) is 1.92. The Bertz CT molecular complexity index is 136. The first-order valence-corrected chi connectivity index (χ1v) is 4.36. The van der Waals surface area contributed by atoms with Crippen LogP contribution in [0.1, 0.15) is 5.69 Å². The fourth-order valence-corrected chi connectivity index (χ4v) is 1.26. The van der Waals surface area contributed by atoms with Crippen molar-refractivity contribution in [2.45, 2.75) is 5.75 Å². The molecule has 0 aliphatic heterocycles. The third-order valence-electron chi connectivity index (χ3n) is 0.882. The van der Waals surface area contributed by atoms with Crippen LogP contribution in [-0.4, -0.2) is 4.98 Å². The molecule has 0 spiro atoms. The zero-order chi connectivity index (χ0) is 5.82. The molecule has 1 heterocycles. The molecule has 0 radical (unpaired) electrons. The second-order valence-electron chi connectivity index (χ2n) is 1.47. The van der Waals surface area contributed by atoms with Crippen LogP contribution in [0.25, 0.3) is 0 Å². The molecule has 8 heavy (non-hydrogen) atoms. The molecule has 0 aromatic carbocycles. The first-order valence-electron chi connectivity index (χ1n) is 2.32. The molecule has 3 heteroatoms. The Morgan fingerprint density at radius 1 is 1.75 bits per heavy atom. The van der Waals surface area contributed by atoms with Crippen LogP contribution < -0.4 is 0 Å². The van der Waals surface area contributed by atoms with Crippen LogP contribution in [0, 0.1) is 0 Å². The van der Waals surface area contributed by atoms with E-state index >= 15 is 0 Å². The van der Waals surface area contributed by atoms with Crippen molar-refractivity contribution >= 4 is 22.5 Å². The summed E-state index contributed by atoms with van der Waals surface area (Å²) in [5.41, 5.74) is 1.23. The van der Waals surface area contributed by atoms with Gasteiger partial charge in [0.1, 0.15) is 0 Å². The predicted octanol–water partition coefficient (Wildman–Crippen LogP) is 2.09. The minimum absolute atomic E-state index is 0.954. The van der Waals surface area contributed by atoms with Crippen molar-refractivity contribution in [2.24, 2.45) is 0 Å². The molecule has 0 saturated carbocycles. The summed E-state index contributed by atoms with van der Waals surface area (Å²) in [4.78, 5) is 3.07. The summed E-state index contributed by atoms with van der Waals surface area (Å²) in [5.74, 6) is 0.954. The normalized spacial score (nSPS) is 9.62. The van der Waals surface area contributed by atoms with E-state index in [0.717, 1.165) is 5.75 Å². The fourth-order valence-electron chi connectivity index (χ4n) is 0.527. The van der Waals surface area contributed by atoms with Crippen molar-refractivity contribution in [1.82, 2.24) is 4.98 Å². The molecule has 0 amide bonds. The van der Waals surface area contributed by atoms with Crippen molar-refractivity contribution in [3.63, 3.8) is 0 Å². The molecule has 44 valence electrons. The van der Waals surface area contributed by atoms with E-state index in [0.29, 0.717) is 0 Å². The maximum atomic E-state index is 4.00. The van der Waals surface area contributed by atoms with Gasteiger partial charge in [-0.15, -0.1) is 11.7 Å². The van der Waals surface area contributed by atoms with Crippen molar-refractivity contribution in [3.8, 4) is 0 Å². The summed E-state index contributed by atoms with van der Waals surface area (Å²) in [5, 5.41) is 0. The van der Waals surface area contributed by atoms with Crippen LogP contribution >= 0.6 is 22.5 Å². The van der Waals surface area contributed by atoms with Gasteiger partial charge in [0, 0.05) is 17.6 Å². The van der Waals surface area contributed by atoms with Gasteiger partial charge in [0.25, 0.3) is 0 Å². The van der Waals surface area contributed by atoms with Gasteiger partial charge in [-0.2, -0.15) is 0 Å². The second-order valence-corrected chi connectivity index (χ2v) is 2.79. The van der Waals surface area contributed by atoms with Gasteiger partial charge in [0.2, 0.25) is 0 Å². The Kier molecular flexibility index (Phi) is 2.36. The topological polar surface area (TPSA) is 15.8 Å². The molecule has 1 rings (SSSR count). The van der Waals surface area contributed by atoms with Gasteiger partial charge in [-0.3, -0.25) is 0 Å². The number of thiol groups is 1. The van der Waals surface area contributed by atoms with Crippen LogP contribution in [-0.2, 0) is 5.75 Å². The highest BCUT2D eigenvalue weighted by atomic mass is 33.1. The highest BCUT2D eigenvalue weighted by Crippen LogP contribution is 2.12. The first-order chi connectivity index (χ1) is 3.93. The molecule has 0 saturated heterocycles. The van der Waals surface area contributed by atoms with Gasteiger partial charge in [-0.05, 0) is 12.1 Å². The molecule has 0 aliphatic rings. The van der Waals surface area contributed by atoms with Crippen molar-refractivity contribution < 1.29 is 0 Å². The highest BCUT2D eigenvalue weighted by Gasteiger charge is 1.86. The largest absolute Gasteiger partial charge is 0.364 e. The van der Waals surface area contributed by atoms with Gasteiger partial charge in [0.05, 0.1) is 0 Å². The van der Waals surface area contributed by atoms with Gasteiger partial charge >= 0.3 is 0 Å². The van der Waals surface area contributed by atoms with Crippen LogP contribution in [0.2, 0.25) is 0 Å². The van der Waals surface area contributed by atoms with Gasteiger partial charge in [-0.25, -0.2) is 0 Å². The molecule has 0 atom stereocenters. The fraction of sp³-hybridized carbons (Fsp3) is 0.200. The van der Waals surface area contributed by atoms with E-state index in [1.807, 2.05) is 18.3 Å². The number of hydrogen-bond acceptors (Lipinski definition) is 2. The Morgan fingerprint density at radius 3 is 3.12 bits per heavy atom. The summed E-state index contributed by atoms with van der Waals surface area (Å²) < 4.78 is 0. The average molecular weight is 145 g/mol. The Hall–Kier alpha value is -0.0200. The zero-order valence-electron chi connectivity index (χ0n) is 4.29. The smallest absolute Gasteiger partial charge is 0.0437 e. The Balaban J connectivity index is 2.50. The molecule has 0 fully saturated rings. The summed E-state index contributed by atoms with van der Waals surface area (Å²) in [7, 11) is 1.52. The summed E-state index contributed by atoms with van der Waals surface area (Å²) in [6.45, 7) is 0. The van der Waals surface area contributed by atoms with Gasteiger partial charge < -0.3 is 4.98 Å². The molecule has 0 aliphatic carbocycles. The lowest BCUT2D eigenvalue weighted by atomic mass is 10.5. The number of hydrogen-bond donors (Lipinski definition) is 2. The number of rotatable bonds is 2. The molecule has 1 aromatic rings. The summed E-state index contributed by atoms with van der Waals surface area (Å²) >= 11 is 4.00. The Labute approximate surface area is 57.7 Å². The van der Waals surface area contributed by atoms with Crippen molar-refractivity contribution in [3.05, 3.63) is 24.0 Å². The van der Waals surface area contributed by atoms with Crippen molar-refractivity contribution in [2.75, 3.05) is 0 Å². The van der Waals surface area contributed by atoms with E-state index in [4.69, 9.17) is 0 Å². The van der Waals surface area contributed by atoms with E-state index in [1.54, 1.807) is 0 Å². The minimum Gasteiger partial charge on any atom is -0.364 e. The molecule has 0 bridgehead atoms. The molecule has 1 N–H and O–H groups in total. The maximum Gasteiger partial charge on any atom is 0.0437 e. The molecular formula is C5H7NS2. The van der Waals surface area contributed by atoms with Crippen LogP contribution in [0.4, 0.5) is 0 Å². The van der Waals surface area contributed by atoms with E-state index in [2.05, 4.69) is 16.6 Å². The molecule has 1 nitrogen and oxygen atoms in total. The molecular weight excluding hydrogens is 138 g/mol. The predicted molar refractivity (Wildman–Crippen MR) is 41.1 cm³/mol. The van der Waals surface area contributed by atoms with E-state index in [-0.39, 0.29) is 0 Å². The lowest BCUT2D eigenvalue weighted by Crippen LogP contribution is -1.72. The number of aromatic amines is 1. The summed E-state index contributed by atoms with van der Waals surface area (Å²) in [6, 6.07) is 4.03. The minimum atomic E-state index is 0.954. The third-order valence-corrected chi connectivity index (χ3v) is 1.71. The average Bonchev–Trinajstić information content (AvgIpc) is 2.19. The lowest BCUT2D eigenvalue weighted by Gasteiger charge is -1.86. The lowest BCUT2D eigenvalue weighted by molar-refractivity contribution is 1.24. The standard InChI is InChI=1S/C5H7NS2/c7-8-4-5-2-1-3-6-5/h1-3,6-7H,4H2. The highest BCUT2D eigenvalue weighted by molar-refractivity contribution is 8.68. The van der Waals surface area contributed by atoms with Gasteiger partial charge in [-0.1, -0.05) is 10.8 Å². The Morgan fingerprint density at radius 2 is 2.62 bits per heavy atom. The first kappa shape index (κ1) is 6.11. The third kappa shape index (κ3) is 1.49. The van der Waals surface area contributed by atoms with E-state index in [1.165, 1.54) is 16.5 Å². The van der Waals surface area contributed by atoms with E-state index < -0.39 is 0 Å². The number of nitrogens with one attached hydrogen (secondary N) is 1. The van der Waals surface area contributed by atoms with Crippen molar-refractivity contribution in [1.29, 1.82) is 0 Å². The van der Waals surface area contributed by atoms with Crippen LogP contribution in [0.3, 0.4) is 0 Å². The quantitative estimate of drug-likeness (QED) is 0.481. The number of H-pyrrole nitrogens is 1. The maximum absolute atomic E-state index is 4.00. The SMILES string of the molecule is SSCc1ccc[nH]1. The molecule has 1 aromatic heterocycles. The van der Waals surface area contributed by atoms with E-state index in [9.17, 15) is 0 Å². The van der Waals surface area contributed by atoms with Crippen LogP contribution in [0.5, 0.6) is 0 Å².